The van der Waals surface area contributed by atoms with E-state index in [0.29, 0.717) is 37.7 Å². The standard InChI is InChI=1S/C21H21FN6O/c22-17-4-1-15(2-5-17)3-6-20(29)28-12-8-16(14-28)18-7-9-25-21(26-18)27-19-13-23-10-11-24-19/h1-2,4-5,7,9-11,13,16H,3,6,8,12,14H2,(H,24,25,26,27)/t16-/m0/s1. The average Bonchev–Trinajstić information content (AvgIpc) is 3.25. The fourth-order valence-electron chi connectivity index (χ4n) is 3.43. The van der Waals surface area contributed by atoms with Gasteiger partial charge in [0.05, 0.1) is 11.9 Å². The van der Waals surface area contributed by atoms with Crippen molar-refractivity contribution in [1.82, 2.24) is 24.8 Å². The lowest BCUT2D eigenvalue weighted by Crippen LogP contribution is -2.28. The molecule has 0 bridgehead atoms. The van der Waals surface area contributed by atoms with Gasteiger partial charge < -0.3 is 10.2 Å². The fourth-order valence-corrected chi connectivity index (χ4v) is 3.43. The number of carbonyl (C=O) groups is 1. The molecule has 1 aromatic carbocycles. The van der Waals surface area contributed by atoms with Gasteiger partial charge in [0, 0.05) is 44.0 Å². The summed E-state index contributed by atoms with van der Waals surface area (Å²) in [4.78, 5) is 31.4. The summed E-state index contributed by atoms with van der Waals surface area (Å²) in [6.07, 6.45) is 8.40. The number of nitrogens with zero attached hydrogens (tertiary/aromatic N) is 5. The van der Waals surface area contributed by atoms with Gasteiger partial charge in [-0.3, -0.25) is 9.78 Å². The van der Waals surface area contributed by atoms with Gasteiger partial charge in [0.15, 0.2) is 5.82 Å². The number of hydrogen-bond donors (Lipinski definition) is 1. The Hall–Kier alpha value is -3.42. The molecule has 7 nitrogen and oxygen atoms in total. The van der Waals surface area contributed by atoms with Crippen molar-refractivity contribution in [2.24, 2.45) is 0 Å². The minimum absolute atomic E-state index is 0.115. The Labute approximate surface area is 168 Å². The Morgan fingerprint density at radius 2 is 2.00 bits per heavy atom. The van der Waals surface area contributed by atoms with Crippen LogP contribution in [0.2, 0.25) is 0 Å². The van der Waals surface area contributed by atoms with Crippen LogP contribution < -0.4 is 5.32 Å². The van der Waals surface area contributed by atoms with E-state index in [0.717, 1.165) is 17.7 Å². The van der Waals surface area contributed by atoms with Crippen LogP contribution in [0.25, 0.3) is 0 Å². The highest BCUT2D eigenvalue weighted by molar-refractivity contribution is 5.76. The van der Waals surface area contributed by atoms with Gasteiger partial charge in [0.25, 0.3) is 0 Å². The molecule has 1 atom stereocenters. The van der Waals surface area contributed by atoms with Crippen molar-refractivity contribution in [2.75, 3.05) is 18.4 Å². The van der Waals surface area contributed by atoms with E-state index in [4.69, 9.17) is 0 Å². The van der Waals surface area contributed by atoms with E-state index in [1.54, 1.807) is 36.9 Å². The zero-order chi connectivity index (χ0) is 20.1. The molecule has 1 aliphatic rings. The lowest BCUT2D eigenvalue weighted by molar-refractivity contribution is -0.130. The van der Waals surface area contributed by atoms with E-state index in [1.165, 1.54) is 12.1 Å². The molecule has 148 valence electrons. The number of aromatic nitrogens is 4. The molecule has 0 unspecified atom stereocenters. The number of anilines is 2. The van der Waals surface area contributed by atoms with Gasteiger partial charge in [-0.1, -0.05) is 12.1 Å². The van der Waals surface area contributed by atoms with E-state index in [1.807, 2.05) is 11.0 Å². The van der Waals surface area contributed by atoms with Crippen LogP contribution in [-0.2, 0) is 11.2 Å². The van der Waals surface area contributed by atoms with Crippen LogP contribution in [0.5, 0.6) is 0 Å². The molecule has 1 amide bonds. The molecular weight excluding hydrogens is 371 g/mol. The second-order valence-corrected chi connectivity index (χ2v) is 6.97. The van der Waals surface area contributed by atoms with Crippen molar-refractivity contribution < 1.29 is 9.18 Å². The third-order valence-corrected chi connectivity index (χ3v) is 4.98. The van der Waals surface area contributed by atoms with E-state index in [9.17, 15) is 9.18 Å². The number of rotatable bonds is 6. The van der Waals surface area contributed by atoms with Crippen LogP contribution in [-0.4, -0.2) is 43.8 Å². The highest BCUT2D eigenvalue weighted by Gasteiger charge is 2.28. The van der Waals surface area contributed by atoms with E-state index >= 15 is 0 Å². The monoisotopic (exact) mass is 392 g/mol. The van der Waals surface area contributed by atoms with Crippen molar-refractivity contribution in [2.45, 2.75) is 25.2 Å². The highest BCUT2D eigenvalue weighted by Crippen LogP contribution is 2.27. The molecule has 0 spiro atoms. The summed E-state index contributed by atoms with van der Waals surface area (Å²) in [5.74, 6) is 1.07. The quantitative estimate of drug-likeness (QED) is 0.694. The van der Waals surface area contributed by atoms with Crippen molar-refractivity contribution in [3.05, 3.63) is 72.2 Å². The van der Waals surface area contributed by atoms with E-state index in [2.05, 4.69) is 25.3 Å². The molecule has 29 heavy (non-hydrogen) atoms. The Balaban J connectivity index is 1.33. The van der Waals surface area contributed by atoms with Crippen LogP contribution >= 0.6 is 0 Å². The lowest BCUT2D eigenvalue weighted by Gasteiger charge is -2.16. The first-order valence-corrected chi connectivity index (χ1v) is 9.55. The number of amides is 1. The SMILES string of the molecule is O=C(CCc1ccc(F)cc1)N1CC[C@H](c2ccnc(Nc3cnccn3)n2)C1. The van der Waals surface area contributed by atoms with Gasteiger partial charge in [-0.15, -0.1) is 0 Å². The molecule has 3 aromatic rings. The Morgan fingerprint density at radius 3 is 2.79 bits per heavy atom. The maximum Gasteiger partial charge on any atom is 0.228 e. The summed E-state index contributed by atoms with van der Waals surface area (Å²) in [6.45, 7) is 1.35. The maximum absolute atomic E-state index is 13.0. The van der Waals surface area contributed by atoms with Crippen LogP contribution in [0.4, 0.5) is 16.2 Å². The van der Waals surface area contributed by atoms with Crippen LogP contribution in [0.1, 0.15) is 30.0 Å². The summed E-state index contributed by atoms with van der Waals surface area (Å²) in [5.41, 5.74) is 1.87. The predicted molar refractivity (Wildman–Crippen MR) is 106 cm³/mol. The second kappa shape index (κ2) is 8.72. The molecule has 4 rings (SSSR count). The summed E-state index contributed by atoms with van der Waals surface area (Å²) in [7, 11) is 0. The summed E-state index contributed by atoms with van der Waals surface area (Å²) in [6, 6.07) is 8.18. The number of benzene rings is 1. The molecule has 8 heteroatoms. The average molecular weight is 392 g/mol. The lowest BCUT2D eigenvalue weighted by atomic mass is 10.1. The molecule has 1 saturated heterocycles. The molecule has 2 aromatic heterocycles. The van der Waals surface area contributed by atoms with Crippen LogP contribution in [0, 0.1) is 5.82 Å². The number of aryl methyl sites for hydroxylation is 1. The third kappa shape index (κ3) is 4.90. The summed E-state index contributed by atoms with van der Waals surface area (Å²) >= 11 is 0. The number of nitrogens with one attached hydrogen (secondary N) is 1. The molecule has 0 saturated carbocycles. The van der Waals surface area contributed by atoms with Gasteiger partial charge in [-0.2, -0.15) is 0 Å². The molecule has 0 aliphatic carbocycles. The molecule has 3 heterocycles. The van der Waals surface area contributed by atoms with Crippen molar-refractivity contribution in [3.8, 4) is 0 Å². The number of carbonyl (C=O) groups excluding carboxylic acids is 1. The predicted octanol–water partition coefficient (Wildman–Crippen LogP) is 3.10. The normalized spacial score (nSPS) is 16.0. The van der Waals surface area contributed by atoms with E-state index < -0.39 is 0 Å². The van der Waals surface area contributed by atoms with Crippen LogP contribution in [0.15, 0.2) is 55.1 Å². The molecule has 1 fully saturated rings. The molecular formula is C21H21FN6O. The van der Waals surface area contributed by atoms with Gasteiger partial charge in [0.2, 0.25) is 11.9 Å². The highest BCUT2D eigenvalue weighted by atomic mass is 19.1. The minimum atomic E-state index is -0.263. The first-order chi connectivity index (χ1) is 14.2. The first kappa shape index (κ1) is 18.9. The van der Waals surface area contributed by atoms with Gasteiger partial charge >= 0.3 is 0 Å². The number of likely N-dealkylation sites (tertiary alicyclic amines) is 1. The van der Waals surface area contributed by atoms with E-state index in [-0.39, 0.29) is 17.6 Å². The zero-order valence-electron chi connectivity index (χ0n) is 15.8. The van der Waals surface area contributed by atoms with Crippen molar-refractivity contribution >= 4 is 17.7 Å². The van der Waals surface area contributed by atoms with Gasteiger partial charge in [0.1, 0.15) is 5.82 Å². The first-order valence-electron chi connectivity index (χ1n) is 9.55. The second-order valence-electron chi connectivity index (χ2n) is 6.97. The topological polar surface area (TPSA) is 83.9 Å². The zero-order valence-corrected chi connectivity index (χ0v) is 15.8. The Kier molecular flexibility index (Phi) is 5.69. The maximum atomic E-state index is 13.0. The summed E-state index contributed by atoms with van der Waals surface area (Å²) in [5, 5.41) is 3.04. The molecule has 1 aliphatic heterocycles. The Bertz CT molecular complexity index is 966. The molecule has 0 radical (unpaired) electrons. The number of halogens is 1. The fraction of sp³-hybridized carbons (Fsp3) is 0.286. The molecule has 1 N–H and O–H groups in total. The van der Waals surface area contributed by atoms with Gasteiger partial charge in [-0.05, 0) is 36.6 Å². The number of hydrogen-bond acceptors (Lipinski definition) is 6. The smallest absolute Gasteiger partial charge is 0.228 e. The minimum Gasteiger partial charge on any atom is -0.342 e. The van der Waals surface area contributed by atoms with Crippen molar-refractivity contribution in [1.29, 1.82) is 0 Å². The van der Waals surface area contributed by atoms with Gasteiger partial charge in [-0.25, -0.2) is 19.3 Å². The Morgan fingerprint density at radius 1 is 1.14 bits per heavy atom. The summed E-state index contributed by atoms with van der Waals surface area (Å²) < 4.78 is 13.0. The third-order valence-electron chi connectivity index (χ3n) is 4.98. The van der Waals surface area contributed by atoms with Crippen molar-refractivity contribution in [3.63, 3.8) is 0 Å². The largest absolute Gasteiger partial charge is 0.342 e. The van der Waals surface area contributed by atoms with Crippen LogP contribution in [0.3, 0.4) is 0 Å².